The number of nitrogens with zero attached hydrogens (tertiary/aromatic N) is 14. The van der Waals surface area contributed by atoms with Gasteiger partial charge in [0.1, 0.15) is 36.7 Å². The average molecular weight is 1840 g/mol. The van der Waals surface area contributed by atoms with E-state index in [0.29, 0.717) is 102 Å². The number of anilines is 3. The highest BCUT2D eigenvalue weighted by Gasteiger charge is 2.29. The smallest absolute Gasteiger partial charge is 0.300 e. The number of nitrogens with one attached hydrogen (secondary N) is 1. The SMILES string of the molecule is CC(=O)N1CCC(O)CC1.CC(=O)N1CCC(Oc2nc3cc(Cl)c(-c4ccc(N5CCOCC5)cc4)nc3n2COCC[Si](C)(C)C)CC1.CC(=O)N1CCC(Oc2nc3nc(-c4ccc(N5CCOCC5)cc4)c(Cl)cc3[nH]2)CC1.C[Si](C)(C)CCOCn1c(I)nc2cc(Cl)c(-c3ccc(N4CCOCC4)cc3)nc21.ClCCl. The number of fused-ring (bicyclic) bond motifs is 3. The highest BCUT2D eigenvalue weighted by molar-refractivity contribution is 14.1. The molecular formula is C82H109Cl5IN15O11Si2. The predicted octanol–water partition coefficient (Wildman–Crippen LogP) is 15.7. The molecule has 12 heterocycles. The van der Waals surface area contributed by atoms with Crippen molar-refractivity contribution in [2.45, 2.75) is 142 Å². The molecule has 34 heteroatoms. The number of halogens is 6. The van der Waals surface area contributed by atoms with Crippen LogP contribution in [-0.2, 0) is 51.5 Å². The summed E-state index contributed by atoms with van der Waals surface area (Å²) in [7, 11) is -2.35. The van der Waals surface area contributed by atoms with Crippen LogP contribution in [0, 0.1) is 3.83 Å². The predicted molar refractivity (Wildman–Crippen MR) is 476 cm³/mol. The zero-order valence-corrected chi connectivity index (χ0v) is 75.8. The van der Waals surface area contributed by atoms with Crippen molar-refractivity contribution in [3.8, 4) is 45.8 Å². The number of benzene rings is 3. The third-order valence-electron chi connectivity index (χ3n) is 20.9. The number of amides is 3. The number of morpholine rings is 3. The van der Waals surface area contributed by atoms with Crippen LogP contribution in [0.1, 0.15) is 59.3 Å². The zero-order chi connectivity index (χ0) is 82.6. The van der Waals surface area contributed by atoms with Crippen LogP contribution in [0.25, 0.3) is 67.3 Å². The number of aliphatic hydroxyl groups excluding tert-OH is 1. The van der Waals surface area contributed by atoms with Crippen LogP contribution in [0.2, 0.25) is 66.4 Å². The standard InChI is InChI=1S/C29H40ClN5O4Si.C23H26ClN5O3.C22H28ClIN4O2Si.C7H13NO2.CH2Cl2/c1-21(36)33-11-9-24(10-12-33)39-29-31-26-19-25(30)27(32-28(26)35(29)20-38-17-18-40(2,3)4)22-5-7-23(8-6-22)34-13-15-37-16-14-34;1-15(30)28-8-6-18(7-9-28)32-23-25-20-14-19(24)21(26-22(20)27-23)16-2-4-17(5-3-16)29-10-12-31-13-11-29;1-31(2,3)13-12-30-15-28-21-19(25-22(28)24)14-18(23)20(26-21)16-4-6-17(7-5-16)27-8-10-29-11-9-27;1-6(9)8-4-2-7(10)3-5-8;2-1-3/h5-8,19,24H,9-18,20H2,1-4H3;2-5,14,18H,6-13H2,1H3,(H,25,26,27);4-7,14H,8-13,15H2,1-3H3;7,10H,2-5H2,1H3;1H2. The van der Waals surface area contributed by atoms with Crippen molar-refractivity contribution in [2.75, 3.05) is 151 Å². The second-order valence-electron chi connectivity index (χ2n) is 31.8. The Bertz CT molecular complexity index is 4670. The Kier molecular flexibility index (Phi) is 33.4. The van der Waals surface area contributed by atoms with Gasteiger partial charge in [0, 0.05) is 211 Å². The summed E-state index contributed by atoms with van der Waals surface area (Å²) in [5.74, 6) is 0.328. The summed E-state index contributed by atoms with van der Waals surface area (Å²) < 4.78 is 45.7. The molecule has 6 fully saturated rings. The Morgan fingerprint density at radius 1 is 0.483 bits per heavy atom. The molecule has 6 aliphatic heterocycles. The number of pyridine rings is 3. The van der Waals surface area contributed by atoms with E-state index in [1.165, 1.54) is 11.4 Å². The van der Waals surface area contributed by atoms with Gasteiger partial charge in [-0.2, -0.15) is 9.97 Å². The maximum atomic E-state index is 11.8. The molecule has 0 aliphatic carbocycles. The Morgan fingerprint density at radius 3 is 1.23 bits per heavy atom. The molecule has 628 valence electrons. The topological polar surface area (TPSA) is 258 Å². The number of ether oxygens (including phenoxy) is 7. The fraction of sp³-hybridized carbons (Fsp3) is 0.524. The molecule has 3 aromatic carbocycles. The molecule has 15 rings (SSSR count). The van der Waals surface area contributed by atoms with Crippen molar-refractivity contribution < 1.29 is 52.6 Å². The number of rotatable bonds is 20. The van der Waals surface area contributed by atoms with E-state index in [1.807, 2.05) is 49.3 Å². The Hall–Kier alpha value is -6.70. The molecule has 0 atom stereocenters. The van der Waals surface area contributed by atoms with Crippen molar-refractivity contribution in [1.29, 1.82) is 0 Å². The molecule has 116 heavy (non-hydrogen) atoms. The van der Waals surface area contributed by atoms with Crippen molar-refractivity contribution >= 4 is 165 Å². The van der Waals surface area contributed by atoms with Gasteiger partial charge in [-0.3, -0.25) is 23.5 Å². The first kappa shape index (κ1) is 90.1. The first-order valence-corrected chi connectivity index (χ1v) is 50.6. The molecule has 26 nitrogen and oxygen atoms in total. The van der Waals surface area contributed by atoms with Crippen molar-refractivity contribution in [1.82, 2.24) is 58.7 Å². The van der Waals surface area contributed by atoms with Gasteiger partial charge in [-0.05, 0) is 79.5 Å². The Balaban J connectivity index is 0.000000160. The quantitative estimate of drug-likeness (QED) is 0.0311. The number of H-pyrrole nitrogens is 1. The van der Waals surface area contributed by atoms with Gasteiger partial charge < -0.3 is 72.6 Å². The minimum atomic E-state index is -1.23. The first-order valence-electron chi connectivity index (χ1n) is 39.9. The van der Waals surface area contributed by atoms with E-state index in [2.05, 4.69) is 152 Å². The lowest BCUT2D eigenvalue weighted by molar-refractivity contribution is -0.131. The van der Waals surface area contributed by atoms with E-state index in [9.17, 15) is 14.4 Å². The van der Waals surface area contributed by atoms with E-state index >= 15 is 0 Å². The van der Waals surface area contributed by atoms with Crippen LogP contribution in [0.3, 0.4) is 0 Å². The summed E-state index contributed by atoms with van der Waals surface area (Å²) >= 11 is 31.7. The average Bonchev–Trinajstić information content (AvgIpc) is 1.61. The number of imidazole rings is 3. The third kappa shape index (κ3) is 25.7. The summed E-state index contributed by atoms with van der Waals surface area (Å²) in [6.07, 6.45) is 4.36. The lowest BCUT2D eigenvalue weighted by atomic mass is 10.1. The van der Waals surface area contributed by atoms with E-state index in [4.69, 9.17) is 116 Å². The molecule has 0 saturated carbocycles. The van der Waals surface area contributed by atoms with Gasteiger partial charge in [-0.25, -0.2) is 19.9 Å². The lowest BCUT2D eigenvalue weighted by Crippen LogP contribution is -2.40. The number of hydrogen-bond acceptors (Lipinski definition) is 20. The molecule has 3 amide bonds. The summed E-state index contributed by atoms with van der Waals surface area (Å²) in [6, 6.07) is 33.8. The largest absolute Gasteiger partial charge is 0.461 e. The summed E-state index contributed by atoms with van der Waals surface area (Å²) in [6.45, 7) is 35.2. The Morgan fingerprint density at radius 2 is 0.836 bits per heavy atom. The normalized spacial score (nSPS) is 16.8. The van der Waals surface area contributed by atoms with Gasteiger partial charge in [0.15, 0.2) is 20.8 Å². The van der Waals surface area contributed by atoms with Crippen LogP contribution >= 0.6 is 80.6 Å². The fourth-order valence-electron chi connectivity index (χ4n) is 14.0. The number of alkyl halides is 2. The number of carbonyl (C=O) groups is 3. The summed E-state index contributed by atoms with van der Waals surface area (Å²) in [5, 5.41) is 11.0. The van der Waals surface area contributed by atoms with Gasteiger partial charge >= 0.3 is 6.01 Å². The van der Waals surface area contributed by atoms with Gasteiger partial charge in [-0.1, -0.05) is 110 Å². The summed E-state index contributed by atoms with van der Waals surface area (Å²) in [4.78, 5) is 78.1. The number of likely N-dealkylation sites (tertiary alicyclic amines) is 3. The maximum absolute atomic E-state index is 11.8. The number of piperidine rings is 3. The van der Waals surface area contributed by atoms with Gasteiger partial charge in [0.05, 0.1) is 88.8 Å². The third-order valence-corrected chi connectivity index (χ3v) is 26.0. The molecule has 0 spiro atoms. The van der Waals surface area contributed by atoms with Crippen LogP contribution in [-0.4, -0.2) is 253 Å². The van der Waals surface area contributed by atoms with Gasteiger partial charge in [-0.15, -0.1) is 23.2 Å². The number of carbonyl (C=O) groups excluding carboxylic acids is 3. The lowest BCUT2D eigenvalue weighted by Gasteiger charge is -2.31. The summed E-state index contributed by atoms with van der Waals surface area (Å²) in [5.41, 5.74) is 12.8. The first-order chi connectivity index (χ1) is 55.7. The number of aliphatic hydroxyl groups is 1. The maximum Gasteiger partial charge on any atom is 0.300 e. The molecule has 6 aromatic heterocycles. The minimum absolute atomic E-state index is 0.0221. The van der Waals surface area contributed by atoms with Gasteiger partial charge in [0.2, 0.25) is 17.7 Å². The molecule has 0 bridgehead atoms. The number of aromatic nitrogens is 9. The minimum Gasteiger partial charge on any atom is -0.461 e. The van der Waals surface area contributed by atoms with E-state index in [-0.39, 0.29) is 41.4 Å². The fourth-order valence-corrected chi connectivity index (χ4v) is 16.9. The molecule has 6 aliphatic rings. The van der Waals surface area contributed by atoms with Crippen LogP contribution in [0.5, 0.6) is 12.0 Å². The van der Waals surface area contributed by atoms with E-state index in [1.54, 1.807) is 25.7 Å². The number of aromatic amines is 1. The molecular weight excluding hydrogens is 1730 g/mol. The monoisotopic (exact) mass is 1840 g/mol. The molecule has 2 N–H and O–H groups in total. The zero-order valence-electron chi connectivity index (χ0n) is 67.9. The highest BCUT2D eigenvalue weighted by atomic mass is 127. The van der Waals surface area contributed by atoms with Crippen LogP contribution in [0.4, 0.5) is 17.1 Å². The molecule has 0 unspecified atom stereocenters. The number of hydrogen-bond donors (Lipinski definition) is 2. The van der Waals surface area contributed by atoms with Crippen molar-refractivity contribution in [3.63, 3.8) is 0 Å². The van der Waals surface area contributed by atoms with Crippen molar-refractivity contribution in [3.05, 3.63) is 110 Å². The molecule has 9 aromatic rings. The molecule has 0 radical (unpaired) electrons. The van der Waals surface area contributed by atoms with Crippen LogP contribution in [0.15, 0.2) is 91.0 Å². The second kappa shape index (κ2) is 43.0. The van der Waals surface area contributed by atoms with E-state index in [0.717, 1.165) is 198 Å². The second-order valence-corrected chi connectivity index (χ2v) is 46.0. The highest BCUT2D eigenvalue weighted by Crippen LogP contribution is 2.37. The van der Waals surface area contributed by atoms with E-state index < -0.39 is 16.1 Å². The van der Waals surface area contributed by atoms with Crippen LogP contribution < -0.4 is 24.2 Å². The van der Waals surface area contributed by atoms with Gasteiger partial charge in [0.25, 0.3) is 6.01 Å². The Labute approximate surface area is 720 Å². The van der Waals surface area contributed by atoms with Crippen molar-refractivity contribution in [2.24, 2.45) is 0 Å². The molecule has 6 saturated heterocycles.